The van der Waals surface area contributed by atoms with E-state index in [9.17, 15) is 22.8 Å². The molecule has 0 N–H and O–H groups in total. The molecule has 3 atom stereocenters. The van der Waals surface area contributed by atoms with E-state index in [1.165, 1.54) is 0 Å². The molecule has 0 radical (unpaired) electrons. The molecule has 2 fully saturated rings. The summed E-state index contributed by atoms with van der Waals surface area (Å²) in [5.41, 5.74) is 0.961. The zero-order valence-corrected chi connectivity index (χ0v) is 14.4. The Kier molecular flexibility index (Phi) is 5.22. The van der Waals surface area contributed by atoms with Crippen molar-refractivity contribution in [1.82, 2.24) is 9.80 Å². The molecule has 2 aliphatic rings. The molecule has 2 saturated heterocycles. The molecule has 3 rings (SSSR count). The number of fused-ring (bicyclic) bond motifs is 1. The van der Waals surface area contributed by atoms with Gasteiger partial charge in [0.15, 0.2) is 0 Å². The summed E-state index contributed by atoms with van der Waals surface area (Å²) in [6.07, 6.45) is -4.47. The highest BCUT2D eigenvalue weighted by atomic mass is 19.4. The Bertz CT molecular complexity index is 665. The van der Waals surface area contributed by atoms with Gasteiger partial charge in [0, 0.05) is 25.7 Å². The van der Waals surface area contributed by atoms with Gasteiger partial charge in [-0.2, -0.15) is 13.2 Å². The zero-order chi connectivity index (χ0) is 18.9. The fourth-order valence-electron chi connectivity index (χ4n) is 3.95. The fourth-order valence-corrected chi connectivity index (χ4v) is 3.95. The Hall–Kier alpha value is -2.09. The average molecular weight is 370 g/mol. The highest BCUT2D eigenvalue weighted by Gasteiger charge is 2.53. The average Bonchev–Trinajstić information content (AvgIpc) is 3.14. The first kappa shape index (κ1) is 18.7. The van der Waals surface area contributed by atoms with Crippen LogP contribution in [0.1, 0.15) is 18.9 Å². The third kappa shape index (κ3) is 3.70. The smallest absolute Gasteiger partial charge is 0.465 e. The number of halogens is 3. The second kappa shape index (κ2) is 7.26. The van der Waals surface area contributed by atoms with Gasteiger partial charge in [-0.3, -0.25) is 14.5 Å². The van der Waals surface area contributed by atoms with Crippen LogP contribution in [0.25, 0.3) is 0 Å². The van der Waals surface area contributed by atoms with Crippen LogP contribution in [0.2, 0.25) is 0 Å². The number of carbonyl (C=O) groups is 2. The normalized spacial score (nSPS) is 26.0. The first-order valence-corrected chi connectivity index (χ1v) is 8.63. The first-order valence-electron chi connectivity index (χ1n) is 8.63. The summed E-state index contributed by atoms with van der Waals surface area (Å²) in [7, 11) is 0. The van der Waals surface area contributed by atoms with E-state index >= 15 is 0 Å². The number of alkyl halides is 3. The van der Waals surface area contributed by atoms with Crippen molar-refractivity contribution < 1.29 is 27.5 Å². The molecule has 26 heavy (non-hydrogen) atoms. The molecule has 1 aromatic carbocycles. The van der Waals surface area contributed by atoms with Gasteiger partial charge >= 0.3 is 18.1 Å². The Morgan fingerprint density at radius 1 is 1.19 bits per heavy atom. The topological polar surface area (TPSA) is 49.9 Å². The van der Waals surface area contributed by atoms with Crippen molar-refractivity contribution in [3.8, 4) is 0 Å². The number of likely N-dealkylation sites (tertiary alicyclic amines) is 2. The lowest BCUT2D eigenvalue weighted by molar-refractivity contribution is -0.184. The van der Waals surface area contributed by atoms with Crippen LogP contribution in [-0.2, 0) is 20.9 Å². The number of hydrogen-bond acceptors (Lipinski definition) is 4. The molecule has 8 heteroatoms. The number of hydrogen-bond donors (Lipinski definition) is 0. The molecule has 0 spiro atoms. The maximum Gasteiger partial charge on any atom is 0.471 e. The van der Waals surface area contributed by atoms with Crippen LogP contribution in [0.4, 0.5) is 13.2 Å². The number of amides is 1. The van der Waals surface area contributed by atoms with Gasteiger partial charge in [0.2, 0.25) is 0 Å². The van der Waals surface area contributed by atoms with Crippen molar-refractivity contribution in [3.63, 3.8) is 0 Å². The molecule has 0 aliphatic carbocycles. The summed E-state index contributed by atoms with van der Waals surface area (Å²) < 4.78 is 43.4. The van der Waals surface area contributed by atoms with Gasteiger partial charge in [-0.05, 0) is 24.8 Å². The van der Waals surface area contributed by atoms with Crippen LogP contribution in [0, 0.1) is 5.92 Å². The molecule has 0 unspecified atom stereocenters. The minimum Gasteiger partial charge on any atom is -0.465 e. The van der Waals surface area contributed by atoms with E-state index in [1.807, 2.05) is 35.2 Å². The molecule has 5 nitrogen and oxygen atoms in total. The Morgan fingerprint density at radius 2 is 1.88 bits per heavy atom. The lowest BCUT2D eigenvalue weighted by Crippen LogP contribution is -2.46. The largest absolute Gasteiger partial charge is 0.471 e. The van der Waals surface area contributed by atoms with Gasteiger partial charge in [-0.15, -0.1) is 0 Å². The molecular weight excluding hydrogens is 349 g/mol. The Morgan fingerprint density at radius 3 is 2.50 bits per heavy atom. The van der Waals surface area contributed by atoms with E-state index < -0.39 is 18.1 Å². The Labute approximate surface area is 149 Å². The maximum absolute atomic E-state index is 12.7. The van der Waals surface area contributed by atoms with Crippen LogP contribution in [-0.4, -0.2) is 59.6 Å². The van der Waals surface area contributed by atoms with Crippen LogP contribution < -0.4 is 0 Å². The highest BCUT2D eigenvalue weighted by Crippen LogP contribution is 2.38. The summed E-state index contributed by atoms with van der Waals surface area (Å²) in [5.74, 6) is -2.33. The number of ether oxygens (including phenoxy) is 1. The van der Waals surface area contributed by atoms with Crippen molar-refractivity contribution >= 4 is 11.9 Å². The first-order chi connectivity index (χ1) is 12.3. The van der Waals surface area contributed by atoms with E-state index in [-0.39, 0.29) is 37.6 Å². The predicted octanol–water partition coefficient (Wildman–Crippen LogP) is 2.21. The van der Waals surface area contributed by atoms with Gasteiger partial charge < -0.3 is 9.64 Å². The van der Waals surface area contributed by atoms with E-state index in [0.29, 0.717) is 13.0 Å². The van der Waals surface area contributed by atoms with Crippen LogP contribution in [0.15, 0.2) is 30.3 Å². The van der Waals surface area contributed by atoms with Crippen LogP contribution in [0.3, 0.4) is 0 Å². The SMILES string of the molecule is CCOC(=O)[C@@H]1C[C@@H]2CN(C(=O)C(F)(F)F)C[C@@H]2N1Cc1ccccc1. The third-order valence-electron chi connectivity index (χ3n) is 5.06. The minimum absolute atomic E-state index is 0.0181. The van der Waals surface area contributed by atoms with Crippen molar-refractivity contribution in [1.29, 1.82) is 0 Å². The number of esters is 1. The second-order valence-corrected chi connectivity index (χ2v) is 6.70. The fraction of sp³-hybridized carbons (Fsp3) is 0.556. The minimum atomic E-state index is -4.87. The van der Waals surface area contributed by atoms with Crippen molar-refractivity contribution in [2.75, 3.05) is 19.7 Å². The van der Waals surface area contributed by atoms with Crippen molar-refractivity contribution in [2.45, 2.75) is 38.1 Å². The highest BCUT2D eigenvalue weighted by molar-refractivity contribution is 5.82. The molecule has 0 bridgehead atoms. The van der Waals surface area contributed by atoms with Crippen LogP contribution >= 0.6 is 0 Å². The molecule has 2 heterocycles. The summed E-state index contributed by atoms with van der Waals surface area (Å²) in [6, 6.07) is 8.65. The zero-order valence-electron chi connectivity index (χ0n) is 14.4. The number of nitrogens with zero attached hydrogens (tertiary/aromatic N) is 2. The standard InChI is InChI=1S/C18H21F3N2O3/c1-2-26-16(24)14-8-13-10-22(17(25)18(19,20)21)11-15(13)23(14)9-12-6-4-3-5-7-12/h3-7,13-15H,2,8-11H2,1H3/t13-,14+,15+/m1/s1. The molecular formula is C18H21F3N2O3. The van der Waals surface area contributed by atoms with Gasteiger partial charge in [-0.1, -0.05) is 30.3 Å². The second-order valence-electron chi connectivity index (χ2n) is 6.70. The molecule has 1 amide bonds. The van der Waals surface area contributed by atoms with Crippen molar-refractivity contribution in [2.24, 2.45) is 5.92 Å². The van der Waals surface area contributed by atoms with E-state index in [4.69, 9.17) is 4.74 Å². The summed E-state index contributed by atoms with van der Waals surface area (Å²) in [5, 5.41) is 0. The quantitative estimate of drug-likeness (QED) is 0.763. The van der Waals surface area contributed by atoms with Gasteiger partial charge in [0.1, 0.15) is 6.04 Å². The Balaban J connectivity index is 1.79. The molecule has 142 valence electrons. The van der Waals surface area contributed by atoms with Gasteiger partial charge in [0.05, 0.1) is 6.61 Å². The van der Waals surface area contributed by atoms with Crippen LogP contribution in [0.5, 0.6) is 0 Å². The predicted molar refractivity (Wildman–Crippen MR) is 86.9 cm³/mol. The van der Waals surface area contributed by atoms with Crippen molar-refractivity contribution in [3.05, 3.63) is 35.9 Å². The molecule has 0 aromatic heterocycles. The molecule has 1 aromatic rings. The third-order valence-corrected chi connectivity index (χ3v) is 5.06. The van der Waals surface area contributed by atoms with Gasteiger partial charge in [0.25, 0.3) is 0 Å². The summed E-state index contributed by atoms with van der Waals surface area (Å²) in [6.45, 7) is 2.40. The maximum atomic E-state index is 12.7. The van der Waals surface area contributed by atoms with E-state index in [2.05, 4.69) is 0 Å². The number of carbonyl (C=O) groups excluding carboxylic acids is 2. The molecule has 2 aliphatic heterocycles. The summed E-state index contributed by atoms with van der Waals surface area (Å²) >= 11 is 0. The monoisotopic (exact) mass is 370 g/mol. The van der Waals surface area contributed by atoms with E-state index in [0.717, 1.165) is 10.5 Å². The number of rotatable bonds is 4. The number of benzene rings is 1. The summed E-state index contributed by atoms with van der Waals surface area (Å²) in [4.78, 5) is 26.6. The lowest BCUT2D eigenvalue weighted by Gasteiger charge is -2.29. The van der Waals surface area contributed by atoms with Gasteiger partial charge in [-0.25, -0.2) is 0 Å². The molecule has 0 saturated carbocycles. The lowest BCUT2D eigenvalue weighted by atomic mass is 10.0. The van der Waals surface area contributed by atoms with E-state index in [1.54, 1.807) is 6.92 Å².